The molecule has 0 saturated carbocycles. The Hall–Kier alpha value is -2.13. The summed E-state index contributed by atoms with van der Waals surface area (Å²) in [7, 11) is -1.80. The minimum Gasteiger partial charge on any atom is -0.496 e. The second kappa shape index (κ2) is 10.4. The summed E-state index contributed by atoms with van der Waals surface area (Å²) in [6, 6.07) is 7.47. The van der Waals surface area contributed by atoms with Crippen LogP contribution in [-0.4, -0.2) is 57.5 Å². The number of hydrogen-bond acceptors (Lipinski definition) is 5. The van der Waals surface area contributed by atoms with Gasteiger partial charge in [0.05, 0.1) is 13.4 Å². The zero-order valence-electron chi connectivity index (χ0n) is 16.4. The van der Waals surface area contributed by atoms with E-state index in [0.717, 1.165) is 11.8 Å². The quantitative estimate of drug-likeness (QED) is 0.748. The summed E-state index contributed by atoms with van der Waals surface area (Å²) in [5.74, 6) is 0.102. The molecule has 0 spiro atoms. The number of sulfonamides is 1. The molecular formula is C19H29N3O5S. The fourth-order valence-electron chi connectivity index (χ4n) is 3.24. The summed E-state index contributed by atoms with van der Waals surface area (Å²) in [6.45, 7) is 1.21. The van der Waals surface area contributed by atoms with Crippen LogP contribution in [0.15, 0.2) is 24.3 Å². The van der Waals surface area contributed by atoms with Gasteiger partial charge in [0, 0.05) is 44.1 Å². The molecule has 0 radical (unpaired) electrons. The maximum absolute atomic E-state index is 12.7. The number of methoxy groups -OCH3 is 1. The van der Waals surface area contributed by atoms with E-state index in [-0.39, 0.29) is 30.7 Å². The zero-order chi connectivity index (χ0) is 20.6. The Morgan fingerprint density at radius 3 is 2.75 bits per heavy atom. The van der Waals surface area contributed by atoms with Gasteiger partial charge in [-0.3, -0.25) is 9.59 Å². The number of rotatable bonds is 5. The van der Waals surface area contributed by atoms with E-state index in [9.17, 15) is 18.0 Å². The predicted molar refractivity (Wildman–Crippen MR) is 106 cm³/mol. The molecule has 1 heterocycles. The summed E-state index contributed by atoms with van der Waals surface area (Å²) < 4.78 is 30.4. The molecule has 2 amide bonds. The van der Waals surface area contributed by atoms with Crippen molar-refractivity contribution >= 4 is 21.8 Å². The van der Waals surface area contributed by atoms with Gasteiger partial charge in [-0.1, -0.05) is 18.2 Å². The molecule has 1 aromatic rings. The standard InChI is InChI=1S/C19H29N3O5S/c1-27-17-8-4-3-6-16(17)14-21-19(24)15-7-5-12-22(28(2,25)26)13-10-18(23)20-11-9-15/h3-4,6,8,15H,5,7,9-14H2,1-2H3,(H,20,23)(H,21,24). The molecule has 1 aromatic carbocycles. The first-order valence-corrected chi connectivity index (χ1v) is 11.3. The fraction of sp³-hybridized carbons (Fsp3) is 0.579. The molecule has 1 aliphatic rings. The van der Waals surface area contributed by atoms with Gasteiger partial charge < -0.3 is 15.4 Å². The number of ether oxygens (including phenoxy) is 1. The summed E-state index contributed by atoms with van der Waals surface area (Å²) in [5, 5.41) is 5.70. The molecule has 28 heavy (non-hydrogen) atoms. The van der Waals surface area contributed by atoms with E-state index in [1.165, 1.54) is 4.31 Å². The molecule has 1 fully saturated rings. The van der Waals surface area contributed by atoms with Crippen molar-refractivity contribution in [2.45, 2.75) is 32.2 Å². The van der Waals surface area contributed by atoms with Gasteiger partial charge in [-0.2, -0.15) is 0 Å². The molecule has 1 aliphatic heterocycles. The van der Waals surface area contributed by atoms with E-state index in [1.807, 2.05) is 24.3 Å². The van der Waals surface area contributed by atoms with Gasteiger partial charge in [-0.25, -0.2) is 12.7 Å². The topological polar surface area (TPSA) is 105 Å². The van der Waals surface area contributed by atoms with Crippen molar-refractivity contribution in [3.8, 4) is 5.75 Å². The van der Waals surface area contributed by atoms with E-state index < -0.39 is 10.0 Å². The van der Waals surface area contributed by atoms with Crippen LogP contribution < -0.4 is 15.4 Å². The number of amides is 2. The number of hydrogen-bond donors (Lipinski definition) is 2. The van der Waals surface area contributed by atoms with E-state index in [1.54, 1.807) is 7.11 Å². The van der Waals surface area contributed by atoms with E-state index >= 15 is 0 Å². The van der Waals surface area contributed by atoms with Crippen molar-refractivity contribution < 1.29 is 22.7 Å². The lowest BCUT2D eigenvalue weighted by Crippen LogP contribution is -2.35. The summed E-state index contributed by atoms with van der Waals surface area (Å²) >= 11 is 0. The van der Waals surface area contributed by atoms with Crippen LogP contribution in [0.5, 0.6) is 5.75 Å². The van der Waals surface area contributed by atoms with E-state index in [4.69, 9.17) is 4.74 Å². The molecule has 1 unspecified atom stereocenters. The first-order valence-electron chi connectivity index (χ1n) is 9.42. The Bertz CT molecular complexity index is 782. The molecular weight excluding hydrogens is 382 g/mol. The van der Waals surface area contributed by atoms with E-state index in [0.29, 0.717) is 44.6 Å². The summed E-state index contributed by atoms with van der Waals surface area (Å²) in [6.07, 6.45) is 2.90. The van der Waals surface area contributed by atoms with Crippen LogP contribution in [0.3, 0.4) is 0 Å². The highest BCUT2D eigenvalue weighted by Crippen LogP contribution is 2.18. The average Bonchev–Trinajstić information content (AvgIpc) is 2.70. The highest BCUT2D eigenvalue weighted by atomic mass is 32.2. The Morgan fingerprint density at radius 1 is 1.29 bits per heavy atom. The van der Waals surface area contributed by atoms with Gasteiger partial charge in [0.2, 0.25) is 21.8 Å². The summed E-state index contributed by atoms with van der Waals surface area (Å²) in [4.78, 5) is 24.6. The van der Waals surface area contributed by atoms with Crippen LogP contribution in [0.25, 0.3) is 0 Å². The Labute approximate surface area is 166 Å². The van der Waals surface area contributed by atoms with Crippen LogP contribution in [0.4, 0.5) is 0 Å². The lowest BCUT2D eigenvalue weighted by Gasteiger charge is -2.20. The molecule has 156 valence electrons. The van der Waals surface area contributed by atoms with Gasteiger partial charge in [0.1, 0.15) is 5.75 Å². The monoisotopic (exact) mass is 411 g/mol. The normalized spacial score (nSPS) is 19.9. The van der Waals surface area contributed by atoms with Crippen LogP contribution in [0, 0.1) is 5.92 Å². The molecule has 8 nitrogen and oxygen atoms in total. The van der Waals surface area contributed by atoms with Gasteiger partial charge >= 0.3 is 0 Å². The molecule has 9 heteroatoms. The van der Waals surface area contributed by atoms with Crippen LogP contribution in [0.1, 0.15) is 31.2 Å². The van der Waals surface area contributed by atoms with Crippen molar-refractivity contribution in [2.75, 3.05) is 33.0 Å². The average molecular weight is 412 g/mol. The van der Waals surface area contributed by atoms with Gasteiger partial charge in [-0.15, -0.1) is 0 Å². The lowest BCUT2D eigenvalue weighted by atomic mass is 9.98. The van der Waals surface area contributed by atoms with Crippen molar-refractivity contribution in [3.05, 3.63) is 29.8 Å². The maximum atomic E-state index is 12.7. The molecule has 0 aliphatic carbocycles. The van der Waals surface area contributed by atoms with Gasteiger partial charge in [0.25, 0.3) is 0 Å². The first-order chi connectivity index (χ1) is 13.3. The Kier molecular flexibility index (Phi) is 8.25. The minimum atomic E-state index is -3.38. The van der Waals surface area contributed by atoms with Crippen LogP contribution in [-0.2, 0) is 26.2 Å². The number of benzene rings is 1. The second-order valence-electron chi connectivity index (χ2n) is 6.92. The fourth-order valence-corrected chi connectivity index (χ4v) is 4.12. The summed E-state index contributed by atoms with van der Waals surface area (Å²) in [5.41, 5.74) is 0.881. The second-order valence-corrected chi connectivity index (χ2v) is 8.90. The molecule has 0 bridgehead atoms. The number of carbonyl (C=O) groups is 2. The Balaban J connectivity index is 1.99. The molecule has 1 saturated heterocycles. The van der Waals surface area contributed by atoms with Gasteiger partial charge in [0.15, 0.2) is 0 Å². The van der Waals surface area contributed by atoms with Crippen molar-refractivity contribution in [1.29, 1.82) is 0 Å². The largest absolute Gasteiger partial charge is 0.496 e. The minimum absolute atomic E-state index is 0.106. The molecule has 2 N–H and O–H groups in total. The number of nitrogens with one attached hydrogen (secondary N) is 2. The lowest BCUT2D eigenvalue weighted by molar-refractivity contribution is -0.126. The third kappa shape index (κ3) is 6.79. The Morgan fingerprint density at radius 2 is 2.04 bits per heavy atom. The molecule has 2 rings (SSSR count). The molecule has 1 atom stereocenters. The number of nitrogens with zero attached hydrogens (tertiary/aromatic N) is 1. The van der Waals surface area contributed by atoms with Crippen molar-refractivity contribution in [3.63, 3.8) is 0 Å². The van der Waals surface area contributed by atoms with Gasteiger partial charge in [-0.05, 0) is 25.3 Å². The third-order valence-corrected chi connectivity index (χ3v) is 6.15. The SMILES string of the molecule is COc1ccccc1CNC(=O)C1CCCN(S(C)(=O)=O)CCC(=O)NCC1. The smallest absolute Gasteiger partial charge is 0.223 e. The van der Waals surface area contributed by atoms with Crippen molar-refractivity contribution in [2.24, 2.45) is 5.92 Å². The predicted octanol–water partition coefficient (Wildman–Crippen LogP) is 0.879. The molecule has 0 aromatic heterocycles. The first kappa shape index (κ1) is 22.2. The zero-order valence-corrected chi connectivity index (χ0v) is 17.3. The highest BCUT2D eigenvalue weighted by Gasteiger charge is 2.23. The van der Waals surface area contributed by atoms with E-state index in [2.05, 4.69) is 10.6 Å². The number of carbonyl (C=O) groups excluding carboxylic acids is 2. The number of para-hydroxylation sites is 1. The van der Waals surface area contributed by atoms with Crippen LogP contribution >= 0.6 is 0 Å². The van der Waals surface area contributed by atoms with Crippen LogP contribution in [0.2, 0.25) is 0 Å². The highest BCUT2D eigenvalue weighted by molar-refractivity contribution is 7.88. The van der Waals surface area contributed by atoms with Crippen molar-refractivity contribution in [1.82, 2.24) is 14.9 Å². The third-order valence-electron chi connectivity index (χ3n) is 4.85. The maximum Gasteiger partial charge on any atom is 0.223 e.